The van der Waals surface area contributed by atoms with Gasteiger partial charge in [0, 0.05) is 37.2 Å². The van der Waals surface area contributed by atoms with Crippen LogP contribution in [-0.4, -0.2) is 35.1 Å². The number of aromatic amines is 1. The minimum atomic E-state index is -0.126. The van der Waals surface area contributed by atoms with Gasteiger partial charge in [-0.3, -0.25) is 14.7 Å². The van der Waals surface area contributed by atoms with E-state index in [1.54, 1.807) is 6.08 Å². The lowest BCUT2D eigenvalue weighted by molar-refractivity contribution is -0.125. The van der Waals surface area contributed by atoms with E-state index in [-0.39, 0.29) is 17.7 Å². The summed E-state index contributed by atoms with van der Waals surface area (Å²) in [6, 6.07) is 9.68. The van der Waals surface area contributed by atoms with Crippen LogP contribution >= 0.6 is 0 Å². The molecule has 0 fully saturated rings. The number of hydrogen-bond donors (Lipinski definition) is 3. The molecule has 0 saturated carbocycles. The molecule has 26 heavy (non-hydrogen) atoms. The molecule has 2 aromatic rings. The Bertz CT molecular complexity index is 767. The fraction of sp³-hybridized carbons (Fsp3) is 0.350. The van der Waals surface area contributed by atoms with Crippen molar-refractivity contribution in [1.82, 2.24) is 20.8 Å². The fourth-order valence-electron chi connectivity index (χ4n) is 3.08. The Morgan fingerprint density at radius 1 is 1.19 bits per heavy atom. The molecule has 1 aromatic carbocycles. The van der Waals surface area contributed by atoms with Crippen molar-refractivity contribution in [2.45, 2.75) is 25.7 Å². The first-order valence-electron chi connectivity index (χ1n) is 9.02. The number of carbonyl (C=O) groups is 2. The summed E-state index contributed by atoms with van der Waals surface area (Å²) in [7, 11) is 0. The average Bonchev–Trinajstić information content (AvgIpc) is 3.14. The van der Waals surface area contributed by atoms with Crippen LogP contribution in [0, 0.1) is 5.92 Å². The zero-order valence-electron chi connectivity index (χ0n) is 14.7. The van der Waals surface area contributed by atoms with Gasteiger partial charge in [0.2, 0.25) is 11.8 Å². The number of H-pyrrole nitrogens is 1. The molecular weight excluding hydrogens is 328 g/mol. The van der Waals surface area contributed by atoms with Crippen LogP contribution in [0.3, 0.4) is 0 Å². The van der Waals surface area contributed by atoms with E-state index in [2.05, 4.69) is 20.8 Å². The highest BCUT2D eigenvalue weighted by atomic mass is 16.2. The molecule has 1 aliphatic carbocycles. The first-order chi connectivity index (χ1) is 12.7. The smallest absolute Gasteiger partial charge is 0.244 e. The van der Waals surface area contributed by atoms with Crippen molar-refractivity contribution in [2.24, 2.45) is 5.92 Å². The monoisotopic (exact) mass is 352 g/mol. The second-order valence-corrected chi connectivity index (χ2v) is 6.49. The van der Waals surface area contributed by atoms with E-state index in [0.717, 1.165) is 30.5 Å². The van der Waals surface area contributed by atoms with Gasteiger partial charge in [-0.15, -0.1) is 0 Å². The van der Waals surface area contributed by atoms with E-state index in [4.69, 9.17) is 0 Å². The molecule has 0 bridgehead atoms. The molecule has 2 amide bonds. The minimum absolute atomic E-state index is 0.00588. The third kappa shape index (κ3) is 5.05. The van der Waals surface area contributed by atoms with Gasteiger partial charge < -0.3 is 10.6 Å². The van der Waals surface area contributed by atoms with Gasteiger partial charge >= 0.3 is 0 Å². The van der Waals surface area contributed by atoms with E-state index in [1.165, 1.54) is 11.6 Å². The molecule has 3 N–H and O–H groups in total. The maximum Gasteiger partial charge on any atom is 0.244 e. The summed E-state index contributed by atoms with van der Waals surface area (Å²) in [6.45, 7) is 1.10. The van der Waals surface area contributed by atoms with Crippen LogP contribution in [0.15, 0.2) is 42.6 Å². The van der Waals surface area contributed by atoms with Crippen molar-refractivity contribution in [3.05, 3.63) is 59.4 Å². The third-order valence-electron chi connectivity index (χ3n) is 4.57. The van der Waals surface area contributed by atoms with Crippen molar-refractivity contribution in [3.8, 4) is 0 Å². The molecule has 0 saturated heterocycles. The summed E-state index contributed by atoms with van der Waals surface area (Å²) in [6.07, 6.45) is 8.34. The molecule has 0 spiro atoms. The van der Waals surface area contributed by atoms with Gasteiger partial charge in [-0.05, 0) is 36.5 Å². The van der Waals surface area contributed by atoms with E-state index in [1.807, 2.05) is 36.5 Å². The zero-order chi connectivity index (χ0) is 18.2. The van der Waals surface area contributed by atoms with Gasteiger partial charge in [-0.25, -0.2) is 0 Å². The van der Waals surface area contributed by atoms with E-state index in [0.29, 0.717) is 19.5 Å². The number of hydrogen-bond acceptors (Lipinski definition) is 3. The Hall–Kier alpha value is -2.89. The predicted molar refractivity (Wildman–Crippen MR) is 100 cm³/mol. The van der Waals surface area contributed by atoms with E-state index < -0.39 is 0 Å². The van der Waals surface area contributed by atoms with Crippen molar-refractivity contribution < 1.29 is 9.59 Å². The molecule has 6 heteroatoms. The van der Waals surface area contributed by atoms with Gasteiger partial charge in [0.05, 0.1) is 6.20 Å². The van der Waals surface area contributed by atoms with E-state index >= 15 is 0 Å². The minimum Gasteiger partial charge on any atom is -0.356 e. The van der Waals surface area contributed by atoms with Crippen LogP contribution in [0.2, 0.25) is 0 Å². The summed E-state index contributed by atoms with van der Waals surface area (Å²) < 4.78 is 0. The quantitative estimate of drug-likeness (QED) is 0.525. The summed E-state index contributed by atoms with van der Waals surface area (Å²) >= 11 is 0. The number of benzene rings is 1. The maximum absolute atomic E-state index is 12.2. The highest BCUT2D eigenvalue weighted by molar-refractivity contribution is 5.91. The Morgan fingerprint density at radius 3 is 2.85 bits per heavy atom. The van der Waals surface area contributed by atoms with Crippen molar-refractivity contribution in [1.29, 1.82) is 0 Å². The number of amides is 2. The van der Waals surface area contributed by atoms with Crippen LogP contribution < -0.4 is 10.6 Å². The molecule has 1 atom stereocenters. The first-order valence-corrected chi connectivity index (χ1v) is 9.02. The van der Waals surface area contributed by atoms with E-state index in [9.17, 15) is 9.59 Å². The normalized spacial score (nSPS) is 16.2. The van der Waals surface area contributed by atoms with Gasteiger partial charge in [0.1, 0.15) is 0 Å². The van der Waals surface area contributed by atoms with Crippen LogP contribution in [0.1, 0.15) is 29.7 Å². The maximum atomic E-state index is 12.2. The Labute approximate surface area is 153 Å². The summed E-state index contributed by atoms with van der Waals surface area (Å²) in [5.74, 6) is -0.0360. The highest BCUT2D eigenvalue weighted by Gasteiger charge is 2.25. The molecular formula is C20H24N4O2. The number of fused-ring (bicyclic) bond motifs is 1. The van der Waals surface area contributed by atoms with Crippen molar-refractivity contribution in [2.75, 3.05) is 13.1 Å². The first kappa shape index (κ1) is 17.9. The third-order valence-corrected chi connectivity index (χ3v) is 4.57. The van der Waals surface area contributed by atoms with Crippen LogP contribution in [0.5, 0.6) is 0 Å². The number of aryl methyl sites for hydroxylation is 1. The lowest BCUT2D eigenvalue weighted by Gasteiger charge is -2.20. The Kier molecular flexibility index (Phi) is 6.19. The molecule has 3 rings (SSSR count). The van der Waals surface area contributed by atoms with Crippen LogP contribution in [0.4, 0.5) is 0 Å². The highest BCUT2D eigenvalue weighted by Crippen LogP contribution is 2.23. The fourth-order valence-corrected chi connectivity index (χ4v) is 3.08. The predicted octanol–water partition coefficient (Wildman–Crippen LogP) is 1.85. The second-order valence-electron chi connectivity index (χ2n) is 6.49. The summed E-state index contributed by atoms with van der Waals surface area (Å²) in [5.41, 5.74) is 3.29. The number of nitrogens with zero attached hydrogens (tertiary/aromatic N) is 1. The van der Waals surface area contributed by atoms with Gasteiger partial charge in [-0.1, -0.05) is 30.3 Å². The molecule has 0 aliphatic heterocycles. The molecule has 1 aliphatic rings. The molecule has 0 radical (unpaired) electrons. The van der Waals surface area contributed by atoms with Gasteiger partial charge in [0.25, 0.3) is 0 Å². The molecule has 136 valence electrons. The van der Waals surface area contributed by atoms with Crippen LogP contribution in [-0.2, 0) is 22.4 Å². The lowest BCUT2D eigenvalue weighted by atomic mass is 9.87. The van der Waals surface area contributed by atoms with Crippen molar-refractivity contribution in [3.63, 3.8) is 0 Å². The zero-order valence-corrected chi connectivity index (χ0v) is 14.7. The SMILES string of the molecule is O=C(/C=C/c1ccccc1)NCCCNC(=O)C1CCc2cn[nH]c2C1. The Morgan fingerprint density at radius 2 is 2.00 bits per heavy atom. The largest absolute Gasteiger partial charge is 0.356 e. The second kappa shape index (κ2) is 8.99. The molecule has 1 aromatic heterocycles. The van der Waals surface area contributed by atoms with Gasteiger partial charge in [0.15, 0.2) is 0 Å². The van der Waals surface area contributed by atoms with Gasteiger partial charge in [-0.2, -0.15) is 5.10 Å². The van der Waals surface area contributed by atoms with Crippen LogP contribution in [0.25, 0.3) is 6.08 Å². The lowest BCUT2D eigenvalue weighted by Crippen LogP contribution is -2.35. The molecule has 6 nitrogen and oxygen atoms in total. The number of nitrogens with one attached hydrogen (secondary N) is 3. The topological polar surface area (TPSA) is 86.9 Å². The average molecular weight is 352 g/mol. The summed E-state index contributed by atoms with van der Waals surface area (Å²) in [4.78, 5) is 24.0. The molecule has 1 unspecified atom stereocenters. The number of aromatic nitrogens is 2. The number of carbonyl (C=O) groups excluding carboxylic acids is 2. The van der Waals surface area contributed by atoms with Crippen molar-refractivity contribution >= 4 is 17.9 Å². The molecule has 1 heterocycles. The standard InChI is InChI=1S/C20H24N4O2/c25-19(10-7-15-5-2-1-3-6-15)21-11-4-12-22-20(26)16-8-9-17-14-23-24-18(17)13-16/h1-3,5-7,10,14,16H,4,8-9,11-13H2,(H,21,25)(H,22,26)(H,23,24)/b10-7+. The Balaban J connectivity index is 1.30. The summed E-state index contributed by atoms with van der Waals surface area (Å²) in [5, 5.41) is 12.8. The number of rotatable bonds is 7.